The lowest BCUT2D eigenvalue weighted by Crippen LogP contribution is -2.66. The molecule has 9 heteroatoms. The number of imide groups is 1. The SMILES string of the molecule is CCN1C(=O)C2C(NC3N(Cc4ccc(Cl)cc4)N=C(C)CN23)N(C)C1=O. The first-order chi connectivity index (χ1) is 12.9. The standard InChI is InChI=1S/C18H23ClN6O2/c1-4-23-16(26)14-15(22(3)18(23)27)20-17-24(14)9-11(2)21-25(17)10-12-5-7-13(19)8-6-12/h5-8,14-15,17,20H,4,9-10H2,1-3H3. The number of likely N-dealkylation sites (N-methyl/N-ethyl adjacent to an activating group) is 2. The zero-order valence-electron chi connectivity index (χ0n) is 15.6. The smallest absolute Gasteiger partial charge is 0.310 e. The first kappa shape index (κ1) is 18.2. The van der Waals surface area contributed by atoms with Gasteiger partial charge in [0.25, 0.3) is 5.91 Å². The van der Waals surface area contributed by atoms with Crippen molar-refractivity contribution in [3.05, 3.63) is 34.9 Å². The summed E-state index contributed by atoms with van der Waals surface area (Å²) in [6.45, 7) is 5.30. The first-order valence-corrected chi connectivity index (χ1v) is 9.43. The van der Waals surface area contributed by atoms with Gasteiger partial charge in [-0.3, -0.25) is 20.0 Å². The van der Waals surface area contributed by atoms with Crippen molar-refractivity contribution in [1.82, 2.24) is 25.0 Å². The molecule has 144 valence electrons. The van der Waals surface area contributed by atoms with Gasteiger partial charge >= 0.3 is 6.03 Å². The summed E-state index contributed by atoms with van der Waals surface area (Å²) in [5.74, 6) is -0.151. The molecule has 1 aromatic carbocycles. The number of carbonyl (C=O) groups excluding carboxylic acids is 2. The van der Waals surface area contributed by atoms with Crippen molar-refractivity contribution in [2.24, 2.45) is 5.10 Å². The number of nitrogens with zero attached hydrogens (tertiary/aromatic N) is 5. The van der Waals surface area contributed by atoms with Gasteiger partial charge in [-0.25, -0.2) is 9.69 Å². The van der Waals surface area contributed by atoms with E-state index < -0.39 is 6.04 Å². The maximum atomic E-state index is 13.0. The Bertz CT molecular complexity index is 798. The number of halogens is 1. The molecule has 0 aliphatic carbocycles. The first-order valence-electron chi connectivity index (χ1n) is 9.06. The second-order valence-corrected chi connectivity index (χ2v) is 7.57. The summed E-state index contributed by atoms with van der Waals surface area (Å²) in [5.41, 5.74) is 2.00. The number of benzene rings is 1. The summed E-state index contributed by atoms with van der Waals surface area (Å²) in [6, 6.07) is 6.95. The molecule has 27 heavy (non-hydrogen) atoms. The number of hydrazone groups is 1. The summed E-state index contributed by atoms with van der Waals surface area (Å²) in [7, 11) is 1.73. The number of amides is 3. The highest BCUT2D eigenvalue weighted by atomic mass is 35.5. The Morgan fingerprint density at radius 1 is 1.26 bits per heavy atom. The Balaban J connectivity index is 1.63. The van der Waals surface area contributed by atoms with Crippen LogP contribution in [0.25, 0.3) is 0 Å². The molecule has 3 unspecified atom stereocenters. The molecule has 8 nitrogen and oxygen atoms in total. The van der Waals surface area contributed by atoms with Gasteiger partial charge in [0, 0.05) is 30.9 Å². The molecule has 3 amide bonds. The predicted octanol–water partition coefficient (Wildman–Crippen LogP) is 1.33. The minimum Gasteiger partial charge on any atom is -0.310 e. The van der Waals surface area contributed by atoms with Crippen molar-refractivity contribution in [2.75, 3.05) is 20.1 Å². The molecule has 3 aliphatic heterocycles. The molecule has 0 spiro atoms. The van der Waals surface area contributed by atoms with Crippen LogP contribution in [0.4, 0.5) is 4.79 Å². The van der Waals surface area contributed by atoms with Gasteiger partial charge in [0.05, 0.1) is 6.54 Å². The molecule has 0 saturated carbocycles. The topological polar surface area (TPSA) is 71.5 Å². The van der Waals surface area contributed by atoms with Gasteiger partial charge in [0.2, 0.25) is 0 Å². The molecule has 1 aromatic rings. The van der Waals surface area contributed by atoms with Gasteiger partial charge in [-0.1, -0.05) is 23.7 Å². The number of nitrogens with one attached hydrogen (secondary N) is 1. The van der Waals surface area contributed by atoms with Crippen LogP contribution in [0.2, 0.25) is 5.02 Å². The van der Waals surface area contributed by atoms with Crippen LogP contribution < -0.4 is 5.32 Å². The average Bonchev–Trinajstić information content (AvgIpc) is 3.02. The van der Waals surface area contributed by atoms with Crippen LogP contribution in [0.5, 0.6) is 0 Å². The van der Waals surface area contributed by atoms with Crippen molar-refractivity contribution in [1.29, 1.82) is 0 Å². The van der Waals surface area contributed by atoms with Crippen molar-refractivity contribution in [2.45, 2.75) is 38.9 Å². The van der Waals surface area contributed by atoms with E-state index in [1.165, 1.54) is 4.90 Å². The fourth-order valence-corrected chi connectivity index (χ4v) is 4.16. The molecule has 3 atom stereocenters. The molecular formula is C18H23ClN6O2. The lowest BCUT2D eigenvalue weighted by Gasteiger charge is -2.42. The van der Waals surface area contributed by atoms with Gasteiger partial charge < -0.3 is 4.90 Å². The highest BCUT2D eigenvalue weighted by Gasteiger charge is 2.55. The Labute approximate surface area is 163 Å². The third-order valence-corrected chi connectivity index (χ3v) is 5.58. The van der Waals surface area contributed by atoms with Crippen molar-refractivity contribution in [3.63, 3.8) is 0 Å². The van der Waals surface area contributed by atoms with E-state index in [1.54, 1.807) is 11.9 Å². The van der Waals surface area contributed by atoms with E-state index in [1.807, 2.05) is 43.1 Å². The van der Waals surface area contributed by atoms with Crippen LogP contribution in [0.3, 0.4) is 0 Å². The fraction of sp³-hybridized carbons (Fsp3) is 0.500. The van der Waals surface area contributed by atoms with Gasteiger partial charge in [0.1, 0.15) is 12.2 Å². The number of rotatable bonds is 3. The van der Waals surface area contributed by atoms with Crippen molar-refractivity contribution in [3.8, 4) is 0 Å². The monoisotopic (exact) mass is 390 g/mol. The summed E-state index contributed by atoms with van der Waals surface area (Å²) in [4.78, 5) is 30.5. The Kier molecular flexibility index (Phi) is 4.57. The molecule has 1 N–H and O–H groups in total. The van der Waals surface area contributed by atoms with Crippen LogP contribution in [-0.2, 0) is 11.3 Å². The highest BCUT2D eigenvalue weighted by molar-refractivity contribution is 6.30. The summed E-state index contributed by atoms with van der Waals surface area (Å²) in [6.07, 6.45) is -0.623. The third kappa shape index (κ3) is 2.97. The molecule has 4 rings (SSSR count). The van der Waals surface area contributed by atoms with E-state index in [9.17, 15) is 9.59 Å². The molecule has 2 saturated heterocycles. The minimum atomic E-state index is -0.421. The maximum Gasteiger partial charge on any atom is 0.327 e. The van der Waals surface area contributed by atoms with Crippen LogP contribution >= 0.6 is 11.6 Å². The van der Waals surface area contributed by atoms with E-state index >= 15 is 0 Å². The number of fused-ring (bicyclic) bond motifs is 3. The lowest BCUT2D eigenvalue weighted by molar-refractivity contribution is -0.138. The third-order valence-electron chi connectivity index (χ3n) is 5.33. The average molecular weight is 391 g/mol. The molecular weight excluding hydrogens is 368 g/mol. The van der Waals surface area contributed by atoms with Gasteiger partial charge in [-0.05, 0) is 31.5 Å². The van der Waals surface area contributed by atoms with E-state index in [2.05, 4.69) is 10.2 Å². The maximum absolute atomic E-state index is 13.0. The van der Waals surface area contributed by atoms with E-state index in [0.29, 0.717) is 24.7 Å². The Morgan fingerprint density at radius 3 is 2.63 bits per heavy atom. The molecule has 3 heterocycles. The van der Waals surface area contributed by atoms with Crippen LogP contribution in [0, 0.1) is 0 Å². The van der Waals surface area contributed by atoms with Crippen molar-refractivity contribution >= 4 is 29.3 Å². The van der Waals surface area contributed by atoms with E-state index in [0.717, 1.165) is 11.3 Å². The number of urea groups is 1. The van der Waals surface area contributed by atoms with Crippen LogP contribution in [0.1, 0.15) is 19.4 Å². The van der Waals surface area contributed by atoms with Crippen LogP contribution in [0.15, 0.2) is 29.4 Å². The molecule has 0 radical (unpaired) electrons. The van der Waals surface area contributed by atoms with E-state index in [4.69, 9.17) is 16.7 Å². The number of hydrogen-bond donors (Lipinski definition) is 1. The quantitative estimate of drug-likeness (QED) is 0.843. The summed E-state index contributed by atoms with van der Waals surface area (Å²) >= 11 is 5.98. The van der Waals surface area contributed by atoms with E-state index in [-0.39, 0.29) is 24.4 Å². The number of hydrogen-bond acceptors (Lipinski definition) is 6. The molecule has 2 fully saturated rings. The Hall–Kier alpha value is -2.16. The minimum absolute atomic E-state index is 0.151. The summed E-state index contributed by atoms with van der Waals surface area (Å²) in [5, 5.41) is 10.7. The highest BCUT2D eigenvalue weighted by Crippen LogP contribution is 2.30. The second-order valence-electron chi connectivity index (χ2n) is 7.14. The Morgan fingerprint density at radius 2 is 1.96 bits per heavy atom. The zero-order valence-corrected chi connectivity index (χ0v) is 16.3. The lowest BCUT2D eigenvalue weighted by atomic mass is 10.1. The van der Waals surface area contributed by atoms with Gasteiger partial charge in [-0.15, -0.1) is 0 Å². The molecule has 0 aromatic heterocycles. The normalized spacial score (nSPS) is 28.4. The van der Waals surface area contributed by atoms with Crippen LogP contribution in [-0.4, -0.2) is 76.0 Å². The predicted molar refractivity (Wildman–Crippen MR) is 102 cm³/mol. The second kappa shape index (κ2) is 6.78. The fourth-order valence-electron chi connectivity index (χ4n) is 4.04. The molecule has 3 aliphatic rings. The number of carbonyl (C=O) groups is 2. The molecule has 0 bridgehead atoms. The largest absolute Gasteiger partial charge is 0.327 e. The van der Waals surface area contributed by atoms with Crippen molar-refractivity contribution < 1.29 is 9.59 Å². The van der Waals surface area contributed by atoms with Gasteiger partial charge in [-0.2, -0.15) is 5.10 Å². The summed E-state index contributed by atoms with van der Waals surface area (Å²) < 4.78 is 0. The van der Waals surface area contributed by atoms with Gasteiger partial charge in [0.15, 0.2) is 6.29 Å². The zero-order chi connectivity index (χ0) is 19.3.